The summed E-state index contributed by atoms with van der Waals surface area (Å²) in [5.41, 5.74) is 1.55. The molecule has 0 radical (unpaired) electrons. The van der Waals surface area contributed by atoms with Crippen molar-refractivity contribution in [1.82, 2.24) is 10.3 Å². The molecule has 1 fully saturated rings. The van der Waals surface area contributed by atoms with Crippen molar-refractivity contribution >= 4 is 28.1 Å². The van der Waals surface area contributed by atoms with Crippen LogP contribution in [0.3, 0.4) is 0 Å². The van der Waals surface area contributed by atoms with Crippen LogP contribution in [-0.2, 0) is 11.2 Å². The number of ether oxygens (including phenoxy) is 2. The van der Waals surface area contributed by atoms with Crippen LogP contribution in [0.25, 0.3) is 0 Å². The molecule has 3 rings (SSSR count). The Morgan fingerprint density at radius 1 is 1.19 bits per heavy atom. The number of carbonyl (C=O) groups is 1. The summed E-state index contributed by atoms with van der Waals surface area (Å²) < 4.78 is 10.6. The number of carbonyl (C=O) groups excluding carboxylic acids is 1. The molecule has 0 atom stereocenters. The van der Waals surface area contributed by atoms with E-state index in [0.29, 0.717) is 18.2 Å². The van der Waals surface area contributed by atoms with Gasteiger partial charge in [0.1, 0.15) is 11.5 Å². The van der Waals surface area contributed by atoms with Crippen LogP contribution in [0, 0.1) is 0 Å². The van der Waals surface area contributed by atoms with Crippen LogP contribution >= 0.6 is 11.3 Å². The van der Waals surface area contributed by atoms with Gasteiger partial charge in [-0.1, -0.05) is 25.7 Å². The summed E-state index contributed by atoms with van der Waals surface area (Å²) in [6.45, 7) is 0. The second-order valence-corrected chi connectivity index (χ2v) is 7.63. The second-order valence-electron chi connectivity index (χ2n) is 6.77. The number of thiazole rings is 1. The SMILES string of the molecule is COc1ccc(OC)c(Nc2nc(CC(=O)NC3CCCCCC3)cs2)c1. The molecule has 0 aliphatic heterocycles. The standard InChI is InChI=1S/C20H27N3O3S/c1-25-16-9-10-18(26-2)17(12-16)23-20-22-15(13-27-20)11-19(24)21-14-7-5-3-4-6-8-14/h9-10,12-14H,3-8,11H2,1-2H3,(H,21,24)(H,22,23). The fourth-order valence-corrected chi connectivity index (χ4v) is 4.06. The molecule has 1 aliphatic rings. The largest absolute Gasteiger partial charge is 0.497 e. The van der Waals surface area contributed by atoms with Crippen LogP contribution in [0.2, 0.25) is 0 Å². The lowest BCUT2D eigenvalue weighted by Crippen LogP contribution is -2.35. The van der Waals surface area contributed by atoms with E-state index in [1.807, 2.05) is 23.6 Å². The summed E-state index contributed by atoms with van der Waals surface area (Å²) in [4.78, 5) is 16.9. The van der Waals surface area contributed by atoms with E-state index in [1.165, 1.54) is 37.0 Å². The Balaban J connectivity index is 1.59. The van der Waals surface area contributed by atoms with E-state index in [1.54, 1.807) is 14.2 Å². The van der Waals surface area contributed by atoms with Gasteiger partial charge in [-0.15, -0.1) is 11.3 Å². The quantitative estimate of drug-likeness (QED) is 0.691. The number of rotatable bonds is 7. The summed E-state index contributed by atoms with van der Waals surface area (Å²) in [5, 5.41) is 9.06. The number of anilines is 2. The highest BCUT2D eigenvalue weighted by Crippen LogP contribution is 2.32. The zero-order valence-electron chi connectivity index (χ0n) is 15.9. The lowest BCUT2D eigenvalue weighted by atomic mass is 10.1. The van der Waals surface area contributed by atoms with E-state index in [0.717, 1.165) is 35.1 Å². The Bertz CT molecular complexity index is 755. The van der Waals surface area contributed by atoms with Gasteiger partial charge < -0.3 is 20.1 Å². The number of hydrogen-bond donors (Lipinski definition) is 2. The Morgan fingerprint density at radius 3 is 2.67 bits per heavy atom. The Morgan fingerprint density at radius 2 is 1.96 bits per heavy atom. The Labute approximate surface area is 164 Å². The predicted octanol–water partition coefficient (Wildman–Crippen LogP) is 4.29. The van der Waals surface area contributed by atoms with Crippen molar-refractivity contribution in [3.05, 3.63) is 29.3 Å². The fourth-order valence-electron chi connectivity index (χ4n) is 3.34. The molecule has 0 spiro atoms. The van der Waals surface area contributed by atoms with Crippen LogP contribution in [0.1, 0.15) is 44.2 Å². The third kappa shape index (κ3) is 5.60. The summed E-state index contributed by atoms with van der Waals surface area (Å²) in [5.74, 6) is 1.49. The number of benzene rings is 1. The van der Waals surface area contributed by atoms with Crippen molar-refractivity contribution in [2.75, 3.05) is 19.5 Å². The van der Waals surface area contributed by atoms with Crippen LogP contribution in [-0.4, -0.2) is 31.2 Å². The molecule has 0 saturated heterocycles. The van der Waals surface area contributed by atoms with Gasteiger partial charge in [-0.2, -0.15) is 0 Å². The minimum Gasteiger partial charge on any atom is -0.497 e. The minimum atomic E-state index is 0.0534. The predicted molar refractivity (Wildman–Crippen MR) is 108 cm³/mol. The third-order valence-electron chi connectivity index (χ3n) is 4.76. The molecule has 2 N–H and O–H groups in total. The molecule has 0 unspecified atom stereocenters. The molecule has 7 heteroatoms. The normalized spacial score (nSPS) is 15.0. The van der Waals surface area contributed by atoms with E-state index in [2.05, 4.69) is 15.6 Å². The van der Waals surface area contributed by atoms with Gasteiger partial charge in [0, 0.05) is 17.5 Å². The summed E-state index contributed by atoms with van der Waals surface area (Å²) >= 11 is 1.47. The first kappa shape index (κ1) is 19.5. The smallest absolute Gasteiger partial charge is 0.226 e. The monoisotopic (exact) mass is 389 g/mol. The lowest BCUT2D eigenvalue weighted by molar-refractivity contribution is -0.121. The first-order valence-electron chi connectivity index (χ1n) is 9.40. The molecule has 146 valence electrons. The van der Waals surface area contributed by atoms with Crippen LogP contribution < -0.4 is 20.1 Å². The van der Waals surface area contributed by atoms with Crippen molar-refractivity contribution in [3.8, 4) is 11.5 Å². The number of nitrogens with one attached hydrogen (secondary N) is 2. The highest BCUT2D eigenvalue weighted by atomic mass is 32.1. The van der Waals surface area contributed by atoms with Gasteiger partial charge in [-0.05, 0) is 25.0 Å². The molecule has 1 saturated carbocycles. The number of nitrogens with zero attached hydrogens (tertiary/aromatic N) is 1. The van der Waals surface area contributed by atoms with Crippen molar-refractivity contribution in [2.24, 2.45) is 0 Å². The Hall–Kier alpha value is -2.28. The van der Waals surface area contributed by atoms with E-state index in [9.17, 15) is 4.79 Å². The number of aromatic nitrogens is 1. The van der Waals surface area contributed by atoms with Crippen molar-refractivity contribution < 1.29 is 14.3 Å². The number of methoxy groups -OCH3 is 2. The summed E-state index contributed by atoms with van der Waals surface area (Å²) in [7, 11) is 3.25. The average Bonchev–Trinajstić information content (AvgIpc) is 2.94. The molecule has 1 heterocycles. The fraction of sp³-hybridized carbons (Fsp3) is 0.500. The maximum Gasteiger partial charge on any atom is 0.226 e. The lowest BCUT2D eigenvalue weighted by Gasteiger charge is -2.15. The maximum absolute atomic E-state index is 12.3. The van der Waals surface area contributed by atoms with Gasteiger partial charge in [0.05, 0.1) is 32.0 Å². The van der Waals surface area contributed by atoms with Crippen molar-refractivity contribution in [3.63, 3.8) is 0 Å². The molecule has 6 nitrogen and oxygen atoms in total. The zero-order valence-corrected chi connectivity index (χ0v) is 16.7. The van der Waals surface area contributed by atoms with Gasteiger partial charge >= 0.3 is 0 Å². The van der Waals surface area contributed by atoms with Crippen LogP contribution in [0.5, 0.6) is 11.5 Å². The summed E-state index contributed by atoms with van der Waals surface area (Å²) in [6.07, 6.45) is 7.46. The minimum absolute atomic E-state index is 0.0534. The topological polar surface area (TPSA) is 72.5 Å². The number of hydrogen-bond acceptors (Lipinski definition) is 6. The number of amides is 1. The molecule has 2 aromatic rings. The van der Waals surface area contributed by atoms with Crippen LogP contribution in [0.4, 0.5) is 10.8 Å². The van der Waals surface area contributed by atoms with E-state index in [4.69, 9.17) is 9.47 Å². The summed E-state index contributed by atoms with van der Waals surface area (Å²) in [6, 6.07) is 5.86. The van der Waals surface area contributed by atoms with Crippen molar-refractivity contribution in [1.29, 1.82) is 0 Å². The van der Waals surface area contributed by atoms with E-state index < -0.39 is 0 Å². The third-order valence-corrected chi connectivity index (χ3v) is 5.57. The molecule has 1 aromatic heterocycles. The van der Waals surface area contributed by atoms with Gasteiger partial charge in [0.15, 0.2) is 5.13 Å². The van der Waals surface area contributed by atoms with Gasteiger partial charge in [-0.3, -0.25) is 4.79 Å². The van der Waals surface area contributed by atoms with Gasteiger partial charge in [0.25, 0.3) is 0 Å². The molecule has 1 aromatic carbocycles. The molecule has 1 aliphatic carbocycles. The zero-order chi connectivity index (χ0) is 19.1. The molecule has 0 bridgehead atoms. The molecular formula is C20H27N3O3S. The Kier molecular flexibility index (Phi) is 6.92. The van der Waals surface area contributed by atoms with Crippen molar-refractivity contribution in [2.45, 2.75) is 51.0 Å². The van der Waals surface area contributed by atoms with Crippen LogP contribution in [0.15, 0.2) is 23.6 Å². The van der Waals surface area contributed by atoms with E-state index in [-0.39, 0.29) is 5.91 Å². The van der Waals surface area contributed by atoms with Gasteiger partial charge in [-0.25, -0.2) is 4.98 Å². The molecule has 1 amide bonds. The van der Waals surface area contributed by atoms with E-state index >= 15 is 0 Å². The second kappa shape index (κ2) is 9.60. The highest BCUT2D eigenvalue weighted by molar-refractivity contribution is 7.13. The highest BCUT2D eigenvalue weighted by Gasteiger charge is 2.16. The average molecular weight is 390 g/mol. The molecule has 27 heavy (non-hydrogen) atoms. The first-order chi connectivity index (χ1) is 13.2. The molecular weight excluding hydrogens is 362 g/mol. The first-order valence-corrected chi connectivity index (χ1v) is 10.3. The maximum atomic E-state index is 12.3. The van der Waals surface area contributed by atoms with Gasteiger partial charge in [0.2, 0.25) is 5.91 Å².